The highest BCUT2D eigenvalue weighted by Gasteiger charge is 2.21. The number of nitrogens with zero attached hydrogens (tertiary/aromatic N) is 1. The van der Waals surface area contributed by atoms with Crippen molar-refractivity contribution < 1.29 is 19.1 Å². The molecule has 0 fully saturated rings. The molecule has 0 bridgehead atoms. The molecule has 0 aliphatic rings. The van der Waals surface area contributed by atoms with Gasteiger partial charge in [0.15, 0.2) is 5.76 Å². The Bertz CT molecular complexity index is 833. The molecule has 0 unspecified atom stereocenters. The molecule has 0 aliphatic heterocycles. The number of carboxylic acids is 1. The van der Waals surface area contributed by atoms with Gasteiger partial charge in [-0.1, -0.05) is 30.3 Å². The second kappa shape index (κ2) is 5.37. The molecule has 22 heavy (non-hydrogen) atoms. The fraction of sp³-hybridized carbons (Fsp3) is 0.0588. The standard InChI is InChI=1S/C17H13NO4/c1-18(13-8-4-3-7-12(13)17(20)21)16(19)15-10-11-6-2-5-9-14(11)22-15/h2-10H,1H3,(H,20,21). The molecule has 1 N–H and O–H groups in total. The van der Waals surface area contributed by atoms with E-state index in [1.54, 1.807) is 30.3 Å². The highest BCUT2D eigenvalue weighted by atomic mass is 16.4. The van der Waals surface area contributed by atoms with E-state index in [0.717, 1.165) is 5.39 Å². The second-order valence-corrected chi connectivity index (χ2v) is 4.83. The van der Waals surface area contributed by atoms with Gasteiger partial charge in [0.05, 0.1) is 11.3 Å². The first-order valence-corrected chi connectivity index (χ1v) is 6.67. The first-order chi connectivity index (χ1) is 10.6. The van der Waals surface area contributed by atoms with Gasteiger partial charge in [-0.3, -0.25) is 4.79 Å². The lowest BCUT2D eigenvalue weighted by Gasteiger charge is -2.17. The maximum Gasteiger partial charge on any atom is 0.337 e. The Labute approximate surface area is 126 Å². The summed E-state index contributed by atoms with van der Waals surface area (Å²) in [5.74, 6) is -1.31. The van der Waals surface area contributed by atoms with Crippen molar-refractivity contribution in [3.8, 4) is 0 Å². The van der Waals surface area contributed by atoms with E-state index in [-0.39, 0.29) is 11.3 Å². The van der Waals surface area contributed by atoms with E-state index in [9.17, 15) is 14.7 Å². The molecule has 1 amide bonds. The molecule has 0 atom stereocenters. The van der Waals surface area contributed by atoms with Gasteiger partial charge in [0.25, 0.3) is 5.91 Å². The molecule has 0 aliphatic carbocycles. The molecule has 3 rings (SSSR count). The molecule has 0 saturated carbocycles. The van der Waals surface area contributed by atoms with E-state index >= 15 is 0 Å². The first-order valence-electron chi connectivity index (χ1n) is 6.67. The third kappa shape index (κ3) is 2.33. The quantitative estimate of drug-likeness (QED) is 0.803. The Morgan fingerprint density at radius 2 is 1.73 bits per heavy atom. The minimum absolute atomic E-state index is 0.0643. The number of carboxylic acid groups (broad SMARTS) is 1. The zero-order chi connectivity index (χ0) is 15.7. The van der Waals surface area contributed by atoms with Crippen LogP contribution < -0.4 is 4.90 Å². The lowest BCUT2D eigenvalue weighted by Crippen LogP contribution is -2.27. The Kier molecular flexibility index (Phi) is 3.39. The predicted octanol–water partition coefficient (Wildman–Crippen LogP) is 3.41. The van der Waals surface area contributed by atoms with E-state index in [1.165, 1.54) is 18.0 Å². The third-order valence-electron chi connectivity index (χ3n) is 3.44. The maximum absolute atomic E-state index is 12.5. The fourth-order valence-electron chi connectivity index (χ4n) is 2.31. The summed E-state index contributed by atoms with van der Waals surface area (Å²) in [4.78, 5) is 25.1. The van der Waals surface area contributed by atoms with Crippen LogP contribution in [0.1, 0.15) is 20.9 Å². The van der Waals surface area contributed by atoms with E-state index in [4.69, 9.17) is 4.42 Å². The monoisotopic (exact) mass is 295 g/mol. The average molecular weight is 295 g/mol. The van der Waals surface area contributed by atoms with Crippen molar-refractivity contribution in [3.05, 3.63) is 65.9 Å². The minimum Gasteiger partial charge on any atom is -0.478 e. The van der Waals surface area contributed by atoms with Crippen molar-refractivity contribution in [3.63, 3.8) is 0 Å². The maximum atomic E-state index is 12.5. The number of carbonyl (C=O) groups is 2. The largest absolute Gasteiger partial charge is 0.478 e. The smallest absolute Gasteiger partial charge is 0.337 e. The van der Waals surface area contributed by atoms with Crippen LogP contribution in [0.25, 0.3) is 11.0 Å². The number of aromatic carboxylic acids is 1. The molecule has 5 heteroatoms. The van der Waals surface area contributed by atoms with Crippen LogP contribution in [0.3, 0.4) is 0 Å². The minimum atomic E-state index is -1.08. The van der Waals surface area contributed by atoms with Crippen LogP contribution in [0.5, 0.6) is 0 Å². The van der Waals surface area contributed by atoms with Gasteiger partial charge in [0, 0.05) is 12.4 Å². The number of hydrogen-bond acceptors (Lipinski definition) is 3. The molecule has 2 aromatic carbocycles. The summed E-state index contributed by atoms with van der Waals surface area (Å²) in [5.41, 5.74) is 1.00. The van der Waals surface area contributed by atoms with Crippen molar-refractivity contribution in [2.45, 2.75) is 0 Å². The van der Waals surface area contributed by atoms with Crippen LogP contribution in [0, 0.1) is 0 Å². The molecule has 1 heterocycles. The molecule has 110 valence electrons. The van der Waals surface area contributed by atoms with Gasteiger partial charge in [0.1, 0.15) is 5.58 Å². The van der Waals surface area contributed by atoms with Gasteiger partial charge < -0.3 is 14.4 Å². The van der Waals surface area contributed by atoms with Gasteiger partial charge in [0.2, 0.25) is 0 Å². The summed E-state index contributed by atoms with van der Waals surface area (Å²) in [6, 6.07) is 15.3. The van der Waals surface area contributed by atoms with Crippen LogP contribution in [0.15, 0.2) is 59.0 Å². The first kappa shape index (κ1) is 13.9. The van der Waals surface area contributed by atoms with Crippen molar-refractivity contribution in [2.24, 2.45) is 0 Å². The molecule has 0 saturated heterocycles. The number of rotatable bonds is 3. The number of furan rings is 1. The normalized spacial score (nSPS) is 10.6. The Hall–Kier alpha value is -3.08. The average Bonchev–Trinajstić information content (AvgIpc) is 2.97. The van der Waals surface area contributed by atoms with Gasteiger partial charge >= 0.3 is 5.97 Å². The van der Waals surface area contributed by atoms with Gasteiger partial charge in [-0.15, -0.1) is 0 Å². The number of anilines is 1. The van der Waals surface area contributed by atoms with Crippen LogP contribution >= 0.6 is 0 Å². The lowest BCUT2D eigenvalue weighted by molar-refractivity contribution is 0.0697. The summed E-state index contributed by atoms with van der Waals surface area (Å²) < 4.78 is 5.53. The third-order valence-corrected chi connectivity index (χ3v) is 3.44. The Morgan fingerprint density at radius 3 is 2.45 bits per heavy atom. The highest BCUT2D eigenvalue weighted by Crippen LogP contribution is 2.24. The molecule has 0 spiro atoms. The number of amides is 1. The Balaban J connectivity index is 2.00. The molecular formula is C17H13NO4. The predicted molar refractivity (Wildman–Crippen MR) is 82.3 cm³/mol. The SMILES string of the molecule is CN(C(=O)c1cc2ccccc2o1)c1ccccc1C(=O)O. The number of carbonyl (C=O) groups excluding carboxylic acids is 1. The summed E-state index contributed by atoms with van der Waals surface area (Å²) in [5, 5.41) is 10.0. The van der Waals surface area contributed by atoms with Crippen molar-refractivity contribution in [2.75, 3.05) is 11.9 Å². The number of fused-ring (bicyclic) bond motifs is 1. The van der Waals surface area contributed by atoms with Gasteiger partial charge in [-0.05, 0) is 24.3 Å². The Morgan fingerprint density at radius 1 is 1.05 bits per heavy atom. The van der Waals surface area contributed by atoms with E-state index in [0.29, 0.717) is 11.3 Å². The summed E-state index contributed by atoms with van der Waals surface area (Å²) in [6.07, 6.45) is 0. The second-order valence-electron chi connectivity index (χ2n) is 4.83. The van der Waals surface area contributed by atoms with Gasteiger partial charge in [-0.2, -0.15) is 0 Å². The molecule has 0 radical (unpaired) electrons. The van der Waals surface area contributed by atoms with E-state index in [2.05, 4.69) is 0 Å². The summed E-state index contributed by atoms with van der Waals surface area (Å²) >= 11 is 0. The topological polar surface area (TPSA) is 70.8 Å². The highest BCUT2D eigenvalue weighted by molar-refractivity contribution is 6.09. The molecule has 1 aromatic heterocycles. The van der Waals surface area contributed by atoms with Crippen molar-refractivity contribution in [1.29, 1.82) is 0 Å². The van der Waals surface area contributed by atoms with Crippen LogP contribution in [0.2, 0.25) is 0 Å². The number of benzene rings is 2. The van der Waals surface area contributed by atoms with Crippen molar-refractivity contribution >= 4 is 28.5 Å². The lowest BCUT2D eigenvalue weighted by atomic mass is 10.1. The van der Waals surface area contributed by atoms with E-state index < -0.39 is 11.9 Å². The van der Waals surface area contributed by atoms with Crippen LogP contribution in [-0.2, 0) is 0 Å². The molecule has 5 nitrogen and oxygen atoms in total. The molecular weight excluding hydrogens is 282 g/mol. The zero-order valence-electron chi connectivity index (χ0n) is 11.8. The fourth-order valence-corrected chi connectivity index (χ4v) is 2.31. The van der Waals surface area contributed by atoms with Crippen LogP contribution in [0.4, 0.5) is 5.69 Å². The summed E-state index contributed by atoms with van der Waals surface area (Å²) in [7, 11) is 1.53. The zero-order valence-corrected chi connectivity index (χ0v) is 11.8. The van der Waals surface area contributed by atoms with Crippen molar-refractivity contribution in [1.82, 2.24) is 0 Å². The molecule has 3 aromatic rings. The number of para-hydroxylation sites is 2. The summed E-state index contributed by atoms with van der Waals surface area (Å²) in [6.45, 7) is 0. The van der Waals surface area contributed by atoms with E-state index in [1.807, 2.05) is 18.2 Å². The number of hydrogen-bond donors (Lipinski definition) is 1. The van der Waals surface area contributed by atoms with Gasteiger partial charge in [-0.25, -0.2) is 4.79 Å². The van der Waals surface area contributed by atoms with Crippen LogP contribution in [-0.4, -0.2) is 24.0 Å².